The molecule has 1 aliphatic carbocycles. The van der Waals surface area contributed by atoms with Crippen LogP contribution in [0.15, 0.2) is 192 Å². The molecule has 0 amide bonds. The average Bonchev–Trinajstić information content (AvgIpc) is 3.72. The van der Waals surface area contributed by atoms with Crippen LogP contribution in [0.5, 0.6) is 0 Å². The highest BCUT2D eigenvalue weighted by Crippen LogP contribution is 2.53. The second-order valence-corrected chi connectivity index (χ2v) is 15.3. The van der Waals surface area contributed by atoms with Gasteiger partial charge in [-0.3, -0.25) is 0 Å². The molecule has 9 aromatic carbocycles. The van der Waals surface area contributed by atoms with Crippen LogP contribution in [0.25, 0.3) is 76.9 Å². The third-order valence-corrected chi connectivity index (χ3v) is 11.9. The zero-order chi connectivity index (χ0) is 36.7. The van der Waals surface area contributed by atoms with E-state index in [9.17, 15) is 0 Å². The summed E-state index contributed by atoms with van der Waals surface area (Å²) in [7, 11) is 0. The molecule has 0 fully saturated rings. The van der Waals surface area contributed by atoms with Crippen molar-refractivity contribution in [2.45, 2.75) is 19.3 Å². The fourth-order valence-corrected chi connectivity index (χ4v) is 9.25. The van der Waals surface area contributed by atoms with Gasteiger partial charge in [-0.25, -0.2) is 0 Å². The van der Waals surface area contributed by atoms with Gasteiger partial charge in [-0.05, 0) is 103 Å². The molecule has 0 unspecified atom stereocenters. The third kappa shape index (κ3) is 4.81. The smallest absolute Gasteiger partial charge is 0.135 e. The lowest BCUT2D eigenvalue weighted by Gasteiger charge is -2.31. The number of para-hydroxylation sites is 1. The summed E-state index contributed by atoms with van der Waals surface area (Å²) in [5.41, 5.74) is 15.1. The molecule has 10 aromatic rings. The van der Waals surface area contributed by atoms with E-state index in [0.717, 1.165) is 39.0 Å². The van der Waals surface area contributed by atoms with E-state index in [2.05, 4.69) is 201 Å². The van der Waals surface area contributed by atoms with Crippen LogP contribution >= 0.6 is 0 Å². The van der Waals surface area contributed by atoms with Gasteiger partial charge in [0.2, 0.25) is 0 Å². The Balaban J connectivity index is 1.25. The molecular weight excluding hydrogens is 667 g/mol. The van der Waals surface area contributed by atoms with E-state index in [0.29, 0.717) is 0 Å². The summed E-state index contributed by atoms with van der Waals surface area (Å²) in [6.45, 7) is 4.72. The van der Waals surface area contributed by atoms with E-state index in [1.54, 1.807) is 0 Å². The van der Waals surface area contributed by atoms with E-state index < -0.39 is 0 Å². The maximum absolute atomic E-state index is 6.36. The number of anilines is 3. The predicted molar refractivity (Wildman–Crippen MR) is 232 cm³/mol. The van der Waals surface area contributed by atoms with Gasteiger partial charge < -0.3 is 9.32 Å². The Bertz CT molecular complexity index is 3140. The second kappa shape index (κ2) is 12.1. The van der Waals surface area contributed by atoms with Crippen molar-refractivity contribution in [3.63, 3.8) is 0 Å². The Labute approximate surface area is 320 Å². The Hall–Kier alpha value is -6.90. The van der Waals surface area contributed by atoms with Gasteiger partial charge in [0.05, 0.1) is 5.69 Å². The second-order valence-electron chi connectivity index (χ2n) is 15.3. The maximum atomic E-state index is 6.36. The SMILES string of the molecule is CC1(C)c2ccccc2-c2ccc(N(c3ccc4oc5ccccc5c4c3)c3cccc(-c4cccc5ccccc45)c3-c3cccc4ccccc34)cc21. The van der Waals surface area contributed by atoms with Gasteiger partial charge in [0.15, 0.2) is 0 Å². The normalized spacial score (nSPS) is 13.1. The van der Waals surface area contributed by atoms with Crippen LogP contribution in [0.2, 0.25) is 0 Å². The minimum atomic E-state index is -0.151. The molecule has 2 heteroatoms. The summed E-state index contributed by atoms with van der Waals surface area (Å²) in [5, 5.41) is 7.11. The average molecular weight is 704 g/mol. The van der Waals surface area contributed by atoms with E-state index >= 15 is 0 Å². The lowest BCUT2D eigenvalue weighted by molar-refractivity contribution is 0.660. The molecule has 0 atom stereocenters. The van der Waals surface area contributed by atoms with Crippen LogP contribution in [0.4, 0.5) is 17.1 Å². The van der Waals surface area contributed by atoms with Crippen molar-refractivity contribution in [1.29, 1.82) is 0 Å². The number of hydrogen-bond donors (Lipinski definition) is 0. The van der Waals surface area contributed by atoms with Gasteiger partial charge in [0, 0.05) is 33.1 Å². The van der Waals surface area contributed by atoms with Crippen molar-refractivity contribution >= 4 is 60.5 Å². The third-order valence-electron chi connectivity index (χ3n) is 11.9. The van der Waals surface area contributed by atoms with Crippen LogP contribution in [-0.4, -0.2) is 0 Å². The largest absolute Gasteiger partial charge is 0.456 e. The van der Waals surface area contributed by atoms with Gasteiger partial charge >= 0.3 is 0 Å². The first-order valence-electron chi connectivity index (χ1n) is 19.1. The highest BCUT2D eigenvalue weighted by Gasteiger charge is 2.36. The molecule has 1 aromatic heterocycles. The predicted octanol–water partition coefficient (Wildman–Crippen LogP) is 15.0. The summed E-state index contributed by atoms with van der Waals surface area (Å²) in [4.78, 5) is 2.48. The van der Waals surface area contributed by atoms with Crippen molar-refractivity contribution in [3.8, 4) is 33.4 Å². The highest BCUT2D eigenvalue weighted by atomic mass is 16.3. The van der Waals surface area contributed by atoms with Crippen molar-refractivity contribution in [2.75, 3.05) is 4.90 Å². The summed E-state index contributed by atoms with van der Waals surface area (Å²) >= 11 is 0. The Kier molecular flexibility index (Phi) is 6.93. The molecule has 0 saturated heterocycles. The van der Waals surface area contributed by atoms with Gasteiger partial charge in [0.1, 0.15) is 11.2 Å². The van der Waals surface area contributed by atoms with Crippen LogP contribution in [0, 0.1) is 0 Å². The lowest BCUT2D eigenvalue weighted by atomic mass is 9.82. The zero-order valence-corrected chi connectivity index (χ0v) is 30.8. The molecule has 0 radical (unpaired) electrons. The van der Waals surface area contributed by atoms with Crippen molar-refractivity contribution in [1.82, 2.24) is 0 Å². The summed E-state index contributed by atoms with van der Waals surface area (Å²) < 4.78 is 6.36. The first kappa shape index (κ1) is 31.6. The molecule has 0 bridgehead atoms. The maximum Gasteiger partial charge on any atom is 0.135 e. The standard InChI is InChI=1S/C53H37NO/c1-53(2)47-25-9-7-20-41(47)42-30-28-37(33-48(42)53)54(36-29-31-51-46(32-36)43-21-8-10-27-50(43)55-51)49-26-13-24-45(40-22-11-16-34-14-3-5-18-38(34)40)52(49)44-23-12-17-35-15-4-6-19-39(35)44/h3-33H,1-2H3. The molecule has 0 spiro atoms. The number of rotatable bonds is 5. The summed E-state index contributed by atoms with van der Waals surface area (Å²) in [6.07, 6.45) is 0. The molecule has 0 N–H and O–H groups in total. The Morgan fingerprint density at radius 1 is 0.382 bits per heavy atom. The van der Waals surface area contributed by atoms with E-state index in [-0.39, 0.29) is 5.41 Å². The Morgan fingerprint density at radius 3 is 1.75 bits per heavy atom. The Morgan fingerprint density at radius 2 is 0.927 bits per heavy atom. The highest BCUT2D eigenvalue weighted by molar-refractivity contribution is 6.11. The van der Waals surface area contributed by atoms with Crippen LogP contribution < -0.4 is 4.90 Å². The molecular formula is C53H37NO. The fraction of sp³-hybridized carbons (Fsp3) is 0.0566. The van der Waals surface area contributed by atoms with Gasteiger partial charge in [-0.1, -0.05) is 159 Å². The van der Waals surface area contributed by atoms with Gasteiger partial charge in [-0.2, -0.15) is 0 Å². The molecule has 2 nitrogen and oxygen atoms in total. The van der Waals surface area contributed by atoms with E-state index in [1.807, 2.05) is 6.07 Å². The monoisotopic (exact) mass is 703 g/mol. The molecule has 55 heavy (non-hydrogen) atoms. The zero-order valence-electron chi connectivity index (χ0n) is 30.8. The van der Waals surface area contributed by atoms with E-state index in [4.69, 9.17) is 4.42 Å². The number of furan rings is 1. The minimum absolute atomic E-state index is 0.151. The van der Waals surface area contributed by atoms with E-state index in [1.165, 1.54) is 66.1 Å². The molecule has 260 valence electrons. The molecule has 1 aliphatic rings. The van der Waals surface area contributed by atoms with Crippen molar-refractivity contribution < 1.29 is 4.42 Å². The minimum Gasteiger partial charge on any atom is -0.456 e. The first-order chi connectivity index (χ1) is 27.0. The molecule has 0 aliphatic heterocycles. The lowest BCUT2D eigenvalue weighted by Crippen LogP contribution is -2.17. The molecule has 0 saturated carbocycles. The van der Waals surface area contributed by atoms with Crippen molar-refractivity contribution in [3.05, 3.63) is 199 Å². The number of benzene rings is 9. The van der Waals surface area contributed by atoms with Gasteiger partial charge in [-0.15, -0.1) is 0 Å². The van der Waals surface area contributed by atoms with Crippen LogP contribution in [0.3, 0.4) is 0 Å². The fourth-order valence-electron chi connectivity index (χ4n) is 9.25. The van der Waals surface area contributed by atoms with Crippen LogP contribution in [0.1, 0.15) is 25.0 Å². The van der Waals surface area contributed by atoms with Crippen LogP contribution in [-0.2, 0) is 5.41 Å². The summed E-state index contributed by atoms with van der Waals surface area (Å²) in [6, 6.07) is 68.7. The van der Waals surface area contributed by atoms with Crippen molar-refractivity contribution in [2.24, 2.45) is 0 Å². The number of nitrogens with zero attached hydrogens (tertiary/aromatic N) is 1. The topological polar surface area (TPSA) is 16.4 Å². The quantitative estimate of drug-likeness (QED) is 0.177. The van der Waals surface area contributed by atoms with Gasteiger partial charge in [0.25, 0.3) is 0 Å². The molecule has 11 rings (SSSR count). The number of hydrogen-bond acceptors (Lipinski definition) is 2. The number of fused-ring (bicyclic) bond motifs is 8. The molecule has 1 heterocycles. The summed E-state index contributed by atoms with van der Waals surface area (Å²) in [5.74, 6) is 0. The first-order valence-corrected chi connectivity index (χ1v) is 19.1.